The molecule has 2 atom stereocenters. The molecule has 0 aromatic heterocycles. The van der Waals surface area contributed by atoms with Crippen LogP contribution in [0.3, 0.4) is 0 Å². The van der Waals surface area contributed by atoms with Crippen LogP contribution in [0.5, 0.6) is 0 Å². The Hall–Kier alpha value is -0.545. The van der Waals surface area contributed by atoms with Crippen molar-refractivity contribution in [2.24, 2.45) is 11.7 Å². The maximum atomic E-state index is 10.8. The van der Waals surface area contributed by atoms with E-state index in [1.165, 1.54) is 0 Å². The SMILES string of the molecule is C[C@@H]1NC(=O)[C@@H]1C[B]OCN. The number of carbonyl (C=O) groups excluding carboxylic acids is 1. The average molecular weight is 155 g/mol. The molecular weight excluding hydrogens is 143 g/mol. The van der Waals surface area contributed by atoms with E-state index >= 15 is 0 Å². The molecule has 1 amide bonds. The topological polar surface area (TPSA) is 64.3 Å². The molecule has 3 N–H and O–H groups in total. The molecule has 1 rings (SSSR count). The Kier molecular flexibility index (Phi) is 2.90. The lowest BCUT2D eigenvalue weighted by atomic mass is 9.77. The van der Waals surface area contributed by atoms with Crippen molar-refractivity contribution in [3.8, 4) is 0 Å². The van der Waals surface area contributed by atoms with Gasteiger partial charge in [-0.15, -0.1) is 0 Å². The summed E-state index contributed by atoms with van der Waals surface area (Å²) in [6.45, 7) is 2.16. The Bertz CT molecular complexity index is 154. The third-order valence-electron chi connectivity index (χ3n) is 1.87. The van der Waals surface area contributed by atoms with Crippen LogP contribution in [0.2, 0.25) is 6.32 Å². The number of carbonyl (C=O) groups is 1. The van der Waals surface area contributed by atoms with Crippen molar-refractivity contribution in [3.05, 3.63) is 0 Å². The summed E-state index contributed by atoms with van der Waals surface area (Å²) < 4.78 is 4.81. The number of hydrogen-bond donors (Lipinski definition) is 2. The summed E-state index contributed by atoms with van der Waals surface area (Å²) in [5.41, 5.74) is 5.09. The molecule has 61 valence electrons. The van der Waals surface area contributed by atoms with Gasteiger partial charge in [-0.1, -0.05) is 0 Å². The Balaban J connectivity index is 2.11. The largest absolute Gasteiger partial charge is 0.429 e. The van der Waals surface area contributed by atoms with Crippen molar-refractivity contribution < 1.29 is 9.45 Å². The van der Waals surface area contributed by atoms with Crippen LogP contribution in [0.4, 0.5) is 0 Å². The minimum Gasteiger partial charge on any atom is -0.429 e. The third-order valence-corrected chi connectivity index (χ3v) is 1.87. The highest BCUT2D eigenvalue weighted by atomic mass is 16.4. The first-order chi connectivity index (χ1) is 5.25. The molecule has 0 aliphatic carbocycles. The van der Waals surface area contributed by atoms with E-state index < -0.39 is 0 Å². The highest BCUT2D eigenvalue weighted by Gasteiger charge is 2.35. The van der Waals surface area contributed by atoms with Crippen LogP contribution >= 0.6 is 0 Å². The van der Waals surface area contributed by atoms with Crippen molar-refractivity contribution in [2.75, 3.05) is 6.73 Å². The fraction of sp³-hybridized carbons (Fsp3) is 0.833. The molecule has 11 heavy (non-hydrogen) atoms. The number of nitrogens with two attached hydrogens (primary N) is 1. The van der Waals surface area contributed by atoms with Gasteiger partial charge in [-0.3, -0.25) is 4.79 Å². The number of nitrogens with one attached hydrogen (secondary N) is 1. The smallest absolute Gasteiger partial charge is 0.295 e. The molecule has 1 saturated heterocycles. The van der Waals surface area contributed by atoms with E-state index in [1.54, 1.807) is 7.48 Å². The van der Waals surface area contributed by atoms with Gasteiger partial charge >= 0.3 is 0 Å². The Labute approximate surface area is 66.7 Å². The molecule has 1 fully saturated rings. The first-order valence-electron chi connectivity index (χ1n) is 3.69. The molecule has 1 aliphatic heterocycles. The van der Waals surface area contributed by atoms with E-state index in [4.69, 9.17) is 10.4 Å². The van der Waals surface area contributed by atoms with E-state index in [0.717, 1.165) is 0 Å². The highest BCUT2D eigenvalue weighted by molar-refractivity contribution is 6.28. The number of rotatable bonds is 4. The molecule has 1 radical (unpaired) electrons. The monoisotopic (exact) mass is 155 g/mol. The summed E-state index contributed by atoms with van der Waals surface area (Å²) in [7, 11) is 1.60. The molecule has 4 nitrogen and oxygen atoms in total. The summed E-state index contributed by atoms with van der Waals surface area (Å²) in [6, 6.07) is 0.278. The second-order valence-corrected chi connectivity index (χ2v) is 2.64. The van der Waals surface area contributed by atoms with Crippen molar-refractivity contribution >= 4 is 13.4 Å². The minimum atomic E-state index is 0.0848. The molecule has 0 aromatic rings. The first-order valence-corrected chi connectivity index (χ1v) is 3.69. The van der Waals surface area contributed by atoms with E-state index in [1.807, 2.05) is 6.92 Å². The van der Waals surface area contributed by atoms with Gasteiger partial charge in [-0.05, 0) is 13.2 Å². The summed E-state index contributed by atoms with van der Waals surface area (Å²) in [5, 5.41) is 2.74. The lowest BCUT2D eigenvalue weighted by molar-refractivity contribution is -0.133. The maximum Gasteiger partial charge on any atom is 0.295 e. The average Bonchev–Trinajstić information content (AvgIpc) is 1.98. The van der Waals surface area contributed by atoms with Gasteiger partial charge in [0.15, 0.2) is 0 Å². The highest BCUT2D eigenvalue weighted by Crippen LogP contribution is 2.18. The van der Waals surface area contributed by atoms with Gasteiger partial charge in [0.05, 0.1) is 12.6 Å². The maximum absolute atomic E-state index is 10.8. The second-order valence-electron chi connectivity index (χ2n) is 2.64. The Morgan fingerprint density at radius 1 is 1.82 bits per heavy atom. The first kappa shape index (κ1) is 8.55. The lowest BCUT2D eigenvalue weighted by Gasteiger charge is -2.33. The van der Waals surface area contributed by atoms with Gasteiger partial charge in [0.1, 0.15) is 0 Å². The normalized spacial score (nSPS) is 29.1. The van der Waals surface area contributed by atoms with Gasteiger partial charge in [-0.2, -0.15) is 0 Å². The van der Waals surface area contributed by atoms with Crippen LogP contribution < -0.4 is 11.1 Å². The summed E-state index contributed by atoms with van der Waals surface area (Å²) in [5.74, 6) is 0.191. The molecule has 0 aromatic carbocycles. The van der Waals surface area contributed by atoms with Gasteiger partial charge in [-0.25, -0.2) is 0 Å². The van der Waals surface area contributed by atoms with Gasteiger partial charge < -0.3 is 15.7 Å². The van der Waals surface area contributed by atoms with Gasteiger partial charge in [0, 0.05) is 6.04 Å². The number of hydrogen-bond acceptors (Lipinski definition) is 3. The van der Waals surface area contributed by atoms with Crippen LogP contribution in [0.25, 0.3) is 0 Å². The van der Waals surface area contributed by atoms with Crippen LogP contribution in [0, 0.1) is 5.92 Å². The standard InChI is InChI=1S/C6H12BN2O2/c1-4-5(6(10)9-4)2-7-11-3-8/h4-5H,2-3,8H2,1H3,(H,9,10)/t4-,5+/m0/s1. The molecule has 1 heterocycles. The van der Waals surface area contributed by atoms with E-state index in [0.29, 0.717) is 6.32 Å². The van der Waals surface area contributed by atoms with Gasteiger partial charge in [0.2, 0.25) is 5.91 Å². The lowest BCUT2D eigenvalue weighted by Crippen LogP contribution is -2.56. The van der Waals surface area contributed by atoms with Crippen LogP contribution in [-0.4, -0.2) is 26.2 Å². The fourth-order valence-corrected chi connectivity index (χ4v) is 1.11. The number of β-lactam (4-membered cyclic amide) rings is 1. The van der Waals surface area contributed by atoms with E-state index in [9.17, 15) is 4.79 Å². The van der Waals surface area contributed by atoms with E-state index in [2.05, 4.69) is 5.32 Å². The molecule has 1 aliphatic rings. The second kappa shape index (κ2) is 3.73. The van der Waals surface area contributed by atoms with Crippen LogP contribution in [0.1, 0.15) is 6.92 Å². The van der Waals surface area contributed by atoms with Crippen LogP contribution in [-0.2, 0) is 9.45 Å². The van der Waals surface area contributed by atoms with Gasteiger partial charge in [0.25, 0.3) is 7.48 Å². The predicted octanol–water partition coefficient (Wildman–Crippen LogP) is -0.909. The quantitative estimate of drug-likeness (QED) is 0.239. The van der Waals surface area contributed by atoms with Crippen molar-refractivity contribution in [1.29, 1.82) is 0 Å². The fourth-order valence-electron chi connectivity index (χ4n) is 1.11. The zero-order valence-corrected chi connectivity index (χ0v) is 6.54. The summed E-state index contributed by atoms with van der Waals surface area (Å²) in [4.78, 5) is 10.8. The van der Waals surface area contributed by atoms with Crippen LogP contribution in [0.15, 0.2) is 0 Å². The minimum absolute atomic E-state index is 0.0848. The van der Waals surface area contributed by atoms with Crippen molar-refractivity contribution in [1.82, 2.24) is 5.32 Å². The molecule has 0 spiro atoms. The Morgan fingerprint density at radius 3 is 3.00 bits per heavy atom. The summed E-state index contributed by atoms with van der Waals surface area (Å²) in [6.07, 6.45) is 0.657. The Morgan fingerprint density at radius 2 is 2.55 bits per heavy atom. The van der Waals surface area contributed by atoms with E-state index in [-0.39, 0.29) is 24.6 Å². The predicted molar refractivity (Wildman–Crippen MR) is 41.8 cm³/mol. The zero-order chi connectivity index (χ0) is 8.27. The molecule has 0 unspecified atom stereocenters. The zero-order valence-electron chi connectivity index (χ0n) is 6.54. The van der Waals surface area contributed by atoms with Crippen molar-refractivity contribution in [2.45, 2.75) is 19.3 Å². The van der Waals surface area contributed by atoms with Crippen molar-refractivity contribution in [3.63, 3.8) is 0 Å². The summed E-state index contributed by atoms with van der Waals surface area (Å²) >= 11 is 0. The molecule has 0 bridgehead atoms. The number of amides is 1. The third kappa shape index (κ3) is 1.94. The molecule has 5 heteroatoms. The molecular formula is C6H12BN2O2. The molecule has 0 saturated carbocycles.